The lowest BCUT2D eigenvalue weighted by atomic mass is 10.1. The predicted octanol–water partition coefficient (Wildman–Crippen LogP) is 13.2. The molecule has 0 bridgehead atoms. The number of rotatable bonds is 2. The Labute approximate surface area is 281 Å². The number of hydrogen-bond acceptors (Lipinski definition) is 6. The van der Waals surface area contributed by atoms with E-state index in [-0.39, 0.29) is 0 Å². The number of furan rings is 1. The topological polar surface area (TPSA) is 38.1 Å². The van der Waals surface area contributed by atoms with Crippen LogP contribution in [0.15, 0.2) is 114 Å². The Balaban J connectivity index is 1.09. The van der Waals surface area contributed by atoms with Gasteiger partial charge in [-0.05, 0) is 129 Å². The van der Waals surface area contributed by atoms with E-state index in [2.05, 4.69) is 147 Å². The fraction of sp³-hybridized carbons (Fsp3) is 0.0952. The van der Waals surface area contributed by atoms with Crippen LogP contribution >= 0.6 is 11.3 Å². The van der Waals surface area contributed by atoms with Crippen LogP contribution in [-0.4, -0.2) is 0 Å². The summed E-state index contributed by atoms with van der Waals surface area (Å²) in [5.74, 6) is 3.44. The molecule has 0 atom stereocenters. The van der Waals surface area contributed by atoms with Gasteiger partial charge in [0, 0.05) is 27.2 Å². The van der Waals surface area contributed by atoms with Crippen LogP contribution in [-0.2, 0) is 0 Å². The average molecular weight is 643 g/mol. The van der Waals surface area contributed by atoms with Gasteiger partial charge in [0.25, 0.3) is 0 Å². The maximum Gasteiger partial charge on any atom is 0.154 e. The minimum Gasteiger partial charge on any atom is -0.454 e. The normalized spacial score (nSPS) is 13.2. The van der Waals surface area contributed by atoms with Gasteiger partial charge in [-0.25, -0.2) is 0 Å². The molecular formula is C42H30N2O3S. The van der Waals surface area contributed by atoms with Gasteiger partial charge in [-0.1, -0.05) is 24.3 Å². The van der Waals surface area contributed by atoms with E-state index >= 15 is 0 Å². The SMILES string of the molecule is Cc1ccc2c(c1)Oc1cc(C)ccc1N2c1ccc2c(c1)oc1c3ccc(N4c5ccc(C)cc5Oc5cc(C)ccc54)cc3sc21. The number of ether oxygens (including phenoxy) is 2. The first kappa shape index (κ1) is 27.4. The van der Waals surface area contributed by atoms with E-state index in [0.29, 0.717) is 0 Å². The van der Waals surface area contributed by atoms with Gasteiger partial charge in [0.2, 0.25) is 0 Å². The highest BCUT2D eigenvalue weighted by Crippen LogP contribution is 2.54. The monoisotopic (exact) mass is 642 g/mol. The molecule has 0 aliphatic carbocycles. The molecule has 6 aromatic carbocycles. The highest BCUT2D eigenvalue weighted by atomic mass is 32.1. The number of benzene rings is 6. The Bertz CT molecular complexity index is 2360. The van der Waals surface area contributed by atoms with Crippen molar-refractivity contribution in [3.8, 4) is 23.0 Å². The van der Waals surface area contributed by atoms with Crippen molar-refractivity contribution < 1.29 is 13.9 Å². The molecule has 0 radical (unpaired) electrons. The van der Waals surface area contributed by atoms with Crippen molar-refractivity contribution in [2.75, 3.05) is 9.80 Å². The Morgan fingerprint density at radius 3 is 1.38 bits per heavy atom. The molecule has 0 spiro atoms. The van der Waals surface area contributed by atoms with Crippen molar-refractivity contribution in [2.45, 2.75) is 27.7 Å². The molecule has 2 aliphatic heterocycles. The third-order valence-corrected chi connectivity index (χ3v) is 10.6. The number of aryl methyl sites for hydroxylation is 4. The number of hydrogen-bond donors (Lipinski definition) is 0. The molecule has 10 rings (SSSR count). The zero-order chi connectivity index (χ0) is 32.3. The van der Waals surface area contributed by atoms with Gasteiger partial charge in [-0.3, -0.25) is 0 Å². The number of thiophene rings is 1. The molecule has 6 heteroatoms. The lowest BCUT2D eigenvalue weighted by Gasteiger charge is -2.33. The zero-order valence-electron chi connectivity index (χ0n) is 26.9. The minimum absolute atomic E-state index is 0.853. The predicted molar refractivity (Wildman–Crippen MR) is 198 cm³/mol. The summed E-state index contributed by atoms with van der Waals surface area (Å²) in [4.78, 5) is 4.58. The van der Waals surface area contributed by atoms with E-state index in [4.69, 9.17) is 13.9 Å². The molecule has 0 amide bonds. The van der Waals surface area contributed by atoms with Crippen molar-refractivity contribution in [2.24, 2.45) is 0 Å². The summed E-state index contributed by atoms with van der Waals surface area (Å²) in [7, 11) is 0. The van der Waals surface area contributed by atoms with Crippen molar-refractivity contribution in [1.82, 2.24) is 0 Å². The largest absolute Gasteiger partial charge is 0.454 e. The van der Waals surface area contributed by atoms with Crippen LogP contribution in [0.3, 0.4) is 0 Å². The molecule has 0 saturated carbocycles. The highest BCUT2D eigenvalue weighted by Gasteiger charge is 2.29. The third-order valence-electron chi connectivity index (χ3n) is 9.43. The van der Waals surface area contributed by atoms with E-state index in [9.17, 15) is 0 Å². The Morgan fingerprint density at radius 1 is 0.458 bits per heavy atom. The molecule has 0 unspecified atom stereocenters. The smallest absolute Gasteiger partial charge is 0.154 e. The first-order chi connectivity index (χ1) is 23.4. The van der Waals surface area contributed by atoms with E-state index in [1.807, 2.05) is 0 Å². The second kappa shape index (κ2) is 9.89. The van der Waals surface area contributed by atoms with Gasteiger partial charge >= 0.3 is 0 Å². The third kappa shape index (κ3) is 4.02. The molecule has 48 heavy (non-hydrogen) atoms. The van der Waals surface area contributed by atoms with Crippen LogP contribution in [0.5, 0.6) is 23.0 Å². The van der Waals surface area contributed by atoms with Crippen LogP contribution in [0.25, 0.3) is 31.3 Å². The van der Waals surface area contributed by atoms with Crippen molar-refractivity contribution >= 4 is 76.8 Å². The number of nitrogens with zero attached hydrogens (tertiary/aromatic N) is 2. The highest BCUT2D eigenvalue weighted by molar-refractivity contribution is 7.26. The van der Waals surface area contributed by atoms with E-state index < -0.39 is 0 Å². The Morgan fingerprint density at radius 2 is 0.896 bits per heavy atom. The minimum atomic E-state index is 0.853. The van der Waals surface area contributed by atoms with Crippen molar-refractivity contribution in [3.63, 3.8) is 0 Å². The summed E-state index contributed by atoms with van der Waals surface area (Å²) in [5.41, 5.74) is 12.7. The first-order valence-electron chi connectivity index (χ1n) is 16.2. The zero-order valence-corrected chi connectivity index (χ0v) is 27.7. The van der Waals surface area contributed by atoms with Gasteiger partial charge in [0.15, 0.2) is 28.6 Å². The second-order valence-electron chi connectivity index (χ2n) is 13.0. The molecule has 0 fully saturated rings. The lowest BCUT2D eigenvalue weighted by molar-refractivity contribution is 0.476. The fourth-order valence-electron chi connectivity index (χ4n) is 7.12. The lowest BCUT2D eigenvalue weighted by Crippen LogP contribution is -2.16. The summed E-state index contributed by atoms with van der Waals surface area (Å²) in [6, 6.07) is 38.8. The van der Waals surface area contributed by atoms with Gasteiger partial charge in [-0.15, -0.1) is 11.3 Å². The standard InChI is InChI=1S/C42H30N2O3S/c1-23-5-13-31-36(17-23)45-37-18-24(2)6-14-32(37)43(31)27-9-11-29-35(21-27)47-41-30-12-10-28(22-40(30)48-42(29)41)44-33-15-7-25(3)19-38(33)46-39-20-26(4)8-16-34(39)44/h5-22H,1-4H3. The number of anilines is 6. The number of fused-ring (bicyclic) bond motifs is 9. The first-order valence-corrected chi connectivity index (χ1v) is 17.0. The van der Waals surface area contributed by atoms with E-state index in [1.165, 1.54) is 15.8 Å². The molecule has 8 aromatic rings. The molecule has 2 aliphatic rings. The van der Waals surface area contributed by atoms with Gasteiger partial charge < -0.3 is 23.7 Å². The molecule has 5 nitrogen and oxygen atoms in total. The fourth-order valence-corrected chi connectivity index (χ4v) is 8.31. The van der Waals surface area contributed by atoms with Crippen molar-refractivity contribution in [1.29, 1.82) is 0 Å². The summed E-state index contributed by atoms with van der Waals surface area (Å²) in [6.07, 6.45) is 0. The van der Waals surface area contributed by atoms with Crippen LogP contribution in [0.4, 0.5) is 34.1 Å². The van der Waals surface area contributed by atoms with Crippen LogP contribution in [0.2, 0.25) is 0 Å². The molecule has 2 aromatic heterocycles. The summed E-state index contributed by atoms with van der Waals surface area (Å²) >= 11 is 1.78. The van der Waals surface area contributed by atoms with Crippen LogP contribution in [0, 0.1) is 27.7 Å². The Hall–Kier alpha value is -5.72. The van der Waals surface area contributed by atoms with Gasteiger partial charge in [0.1, 0.15) is 5.58 Å². The summed E-state index contributed by atoms with van der Waals surface area (Å²) in [5, 5.41) is 2.23. The Kier molecular flexibility index (Phi) is 5.65. The van der Waals surface area contributed by atoms with Gasteiger partial charge in [-0.2, -0.15) is 0 Å². The maximum atomic E-state index is 6.69. The quantitative estimate of drug-likeness (QED) is 0.188. The van der Waals surface area contributed by atoms with Crippen LogP contribution in [0.1, 0.15) is 22.3 Å². The van der Waals surface area contributed by atoms with Crippen molar-refractivity contribution in [3.05, 3.63) is 131 Å². The average Bonchev–Trinajstić information content (AvgIpc) is 3.61. The maximum absolute atomic E-state index is 6.69. The second-order valence-corrected chi connectivity index (χ2v) is 14.0. The summed E-state index contributed by atoms with van der Waals surface area (Å²) < 4.78 is 21.8. The van der Waals surface area contributed by atoms with Gasteiger partial charge in [0.05, 0.1) is 33.1 Å². The van der Waals surface area contributed by atoms with Crippen LogP contribution < -0.4 is 19.3 Å². The van der Waals surface area contributed by atoms with E-state index in [1.54, 1.807) is 11.3 Å². The van der Waals surface area contributed by atoms with E-state index in [0.717, 1.165) is 94.9 Å². The molecule has 4 heterocycles. The molecule has 232 valence electrons. The summed E-state index contributed by atoms with van der Waals surface area (Å²) in [6.45, 7) is 8.38. The molecule has 0 saturated heterocycles. The molecule has 0 N–H and O–H groups in total. The molecular weight excluding hydrogens is 613 g/mol.